The number of fused-ring (bicyclic) bond motifs is 1. The fourth-order valence-electron chi connectivity index (χ4n) is 3.14. The van der Waals surface area contributed by atoms with Gasteiger partial charge in [0.25, 0.3) is 0 Å². The fourth-order valence-corrected chi connectivity index (χ4v) is 3.14. The molecule has 4 rings (SSSR count). The number of hydrogen-bond acceptors (Lipinski definition) is 7. The lowest BCUT2D eigenvalue weighted by atomic mass is 10.2. The Kier molecular flexibility index (Phi) is 6.19. The molecule has 11 nitrogen and oxygen atoms in total. The van der Waals surface area contributed by atoms with Crippen LogP contribution in [0.3, 0.4) is 0 Å². The van der Waals surface area contributed by atoms with Gasteiger partial charge in [0, 0.05) is 37.6 Å². The minimum absolute atomic E-state index is 0.115. The average Bonchev–Trinajstić information content (AvgIpc) is 3.19. The molecule has 3 heterocycles. The Morgan fingerprint density at radius 1 is 1.22 bits per heavy atom. The number of amides is 4. The van der Waals surface area contributed by atoms with Crippen molar-refractivity contribution in [3.05, 3.63) is 42.2 Å². The van der Waals surface area contributed by atoms with Crippen LogP contribution in [0, 0.1) is 5.82 Å². The molecular weight excluding hydrogens is 421 g/mol. The summed E-state index contributed by atoms with van der Waals surface area (Å²) in [5.41, 5.74) is 1.01. The molecule has 2 N–H and O–H groups in total. The summed E-state index contributed by atoms with van der Waals surface area (Å²) >= 11 is 0. The summed E-state index contributed by atoms with van der Waals surface area (Å²) in [7, 11) is 0. The van der Waals surface area contributed by atoms with Gasteiger partial charge in [0.05, 0.1) is 6.54 Å². The molecule has 1 aliphatic heterocycles. The second kappa shape index (κ2) is 9.37. The molecule has 0 aliphatic carbocycles. The number of benzene rings is 1. The Morgan fingerprint density at radius 3 is 2.91 bits per heavy atom. The molecule has 1 saturated heterocycles. The van der Waals surface area contributed by atoms with Crippen molar-refractivity contribution < 1.29 is 23.5 Å². The minimum atomic E-state index is -0.481. The Bertz CT molecular complexity index is 1170. The van der Waals surface area contributed by atoms with Crippen LogP contribution in [0.5, 0.6) is 5.88 Å². The van der Waals surface area contributed by atoms with E-state index in [0.717, 1.165) is 0 Å². The van der Waals surface area contributed by atoms with Crippen molar-refractivity contribution in [2.45, 2.75) is 12.8 Å². The van der Waals surface area contributed by atoms with Crippen molar-refractivity contribution in [1.82, 2.24) is 35.3 Å². The summed E-state index contributed by atoms with van der Waals surface area (Å²) in [4.78, 5) is 36.2. The highest BCUT2D eigenvalue weighted by Gasteiger charge is 2.22. The first-order valence-electron chi connectivity index (χ1n) is 9.96. The zero-order chi connectivity index (χ0) is 22.5. The van der Waals surface area contributed by atoms with E-state index < -0.39 is 11.8 Å². The molecule has 0 bridgehead atoms. The van der Waals surface area contributed by atoms with Crippen molar-refractivity contribution in [2.24, 2.45) is 0 Å². The lowest BCUT2D eigenvalue weighted by molar-refractivity contribution is -0.121. The number of nitrogens with zero attached hydrogens (tertiary/aromatic N) is 5. The maximum Gasteiger partial charge on any atom is 0.324 e. The minimum Gasteiger partial charge on any atom is -0.475 e. The van der Waals surface area contributed by atoms with Crippen LogP contribution in [0.2, 0.25) is 0 Å². The molecule has 1 aliphatic rings. The van der Waals surface area contributed by atoms with Gasteiger partial charge in [0.15, 0.2) is 11.5 Å². The smallest absolute Gasteiger partial charge is 0.324 e. The summed E-state index contributed by atoms with van der Waals surface area (Å²) in [6, 6.07) is 8.77. The van der Waals surface area contributed by atoms with Crippen molar-refractivity contribution in [1.29, 1.82) is 0 Å². The van der Waals surface area contributed by atoms with Crippen LogP contribution in [-0.4, -0.2) is 68.8 Å². The second-order valence-corrected chi connectivity index (χ2v) is 7.01. The quantitative estimate of drug-likeness (QED) is 0.494. The van der Waals surface area contributed by atoms with Crippen LogP contribution in [-0.2, 0) is 9.59 Å². The molecule has 12 heteroatoms. The standard InChI is InChI=1S/C20H20FN7O4/c21-14-3-1-2-13(12-14)19-25-24-15-4-5-18(26-28(15)19)32-11-8-22-16(29)6-9-27-10-7-17(30)23-20(27)31/h1-5,12H,6-11H2,(H,22,29)(H,23,30,31). The number of ether oxygens (including phenoxy) is 1. The van der Waals surface area contributed by atoms with E-state index in [1.54, 1.807) is 24.3 Å². The second-order valence-electron chi connectivity index (χ2n) is 7.01. The first kappa shape index (κ1) is 21.2. The van der Waals surface area contributed by atoms with E-state index in [-0.39, 0.29) is 44.4 Å². The Labute approximate surface area is 181 Å². The molecule has 2 aromatic heterocycles. The van der Waals surface area contributed by atoms with E-state index in [4.69, 9.17) is 4.74 Å². The number of aromatic nitrogens is 4. The third-order valence-electron chi connectivity index (χ3n) is 4.75. The lowest BCUT2D eigenvalue weighted by Gasteiger charge is -2.26. The topological polar surface area (TPSA) is 131 Å². The van der Waals surface area contributed by atoms with Gasteiger partial charge in [-0.1, -0.05) is 12.1 Å². The zero-order valence-electron chi connectivity index (χ0n) is 17.0. The van der Waals surface area contributed by atoms with Gasteiger partial charge in [0.1, 0.15) is 12.4 Å². The van der Waals surface area contributed by atoms with Crippen LogP contribution < -0.4 is 15.4 Å². The third kappa shape index (κ3) is 4.96. The molecule has 4 amide bonds. The number of nitrogens with one attached hydrogen (secondary N) is 2. The van der Waals surface area contributed by atoms with Gasteiger partial charge in [-0.25, -0.2) is 9.18 Å². The van der Waals surface area contributed by atoms with E-state index in [1.807, 2.05) is 0 Å². The number of carbonyl (C=O) groups excluding carboxylic acids is 3. The van der Waals surface area contributed by atoms with Gasteiger partial charge in [-0.2, -0.15) is 4.52 Å². The van der Waals surface area contributed by atoms with E-state index in [2.05, 4.69) is 25.9 Å². The van der Waals surface area contributed by atoms with Crippen molar-refractivity contribution in [3.8, 4) is 17.3 Å². The van der Waals surface area contributed by atoms with Gasteiger partial charge >= 0.3 is 6.03 Å². The predicted octanol–water partition coefficient (Wildman–Crippen LogP) is 0.757. The molecular formula is C20H20FN7O4. The van der Waals surface area contributed by atoms with E-state index >= 15 is 0 Å². The van der Waals surface area contributed by atoms with Crippen LogP contribution in [0.15, 0.2) is 36.4 Å². The van der Waals surface area contributed by atoms with Crippen molar-refractivity contribution >= 4 is 23.5 Å². The molecule has 3 aromatic rings. The van der Waals surface area contributed by atoms with Crippen molar-refractivity contribution in [3.63, 3.8) is 0 Å². The molecule has 0 unspecified atom stereocenters. The molecule has 1 aromatic carbocycles. The molecule has 0 saturated carbocycles. The van der Waals surface area contributed by atoms with Gasteiger partial charge in [-0.3, -0.25) is 14.9 Å². The number of rotatable bonds is 8. The number of carbonyl (C=O) groups is 3. The SMILES string of the molecule is O=C(CCN1CCC(=O)NC1=O)NCCOc1ccc2nnc(-c3cccc(F)c3)n2n1. The molecule has 32 heavy (non-hydrogen) atoms. The van der Waals surface area contributed by atoms with E-state index in [1.165, 1.54) is 21.5 Å². The first-order valence-corrected chi connectivity index (χ1v) is 9.96. The van der Waals surface area contributed by atoms with Crippen LogP contribution in [0.1, 0.15) is 12.8 Å². The average molecular weight is 441 g/mol. The highest BCUT2D eigenvalue weighted by molar-refractivity contribution is 5.96. The van der Waals surface area contributed by atoms with Crippen LogP contribution in [0.4, 0.5) is 9.18 Å². The highest BCUT2D eigenvalue weighted by atomic mass is 19.1. The number of imide groups is 1. The maximum absolute atomic E-state index is 13.5. The largest absolute Gasteiger partial charge is 0.475 e. The Hall–Kier alpha value is -4.09. The number of halogens is 1. The highest BCUT2D eigenvalue weighted by Crippen LogP contribution is 2.19. The number of urea groups is 1. The maximum atomic E-state index is 13.5. The van der Waals surface area contributed by atoms with E-state index in [0.29, 0.717) is 29.5 Å². The van der Waals surface area contributed by atoms with Gasteiger partial charge in [-0.15, -0.1) is 15.3 Å². The normalized spacial score (nSPS) is 13.8. The molecule has 0 spiro atoms. The molecule has 166 valence electrons. The molecule has 0 radical (unpaired) electrons. The summed E-state index contributed by atoms with van der Waals surface area (Å²) in [6.45, 7) is 0.930. The Morgan fingerprint density at radius 2 is 2.09 bits per heavy atom. The number of hydrogen-bond donors (Lipinski definition) is 2. The summed E-state index contributed by atoms with van der Waals surface area (Å²) in [6.07, 6.45) is 0.343. The van der Waals surface area contributed by atoms with Gasteiger partial charge < -0.3 is 15.0 Å². The first-order chi connectivity index (χ1) is 15.5. The lowest BCUT2D eigenvalue weighted by Crippen LogP contribution is -2.50. The fraction of sp³-hybridized carbons (Fsp3) is 0.300. The van der Waals surface area contributed by atoms with Crippen molar-refractivity contribution in [2.75, 3.05) is 26.2 Å². The predicted molar refractivity (Wildman–Crippen MR) is 109 cm³/mol. The summed E-state index contributed by atoms with van der Waals surface area (Å²) in [5.74, 6) is -0.277. The Balaban J connectivity index is 1.26. The summed E-state index contributed by atoms with van der Waals surface area (Å²) < 4.78 is 20.6. The molecule has 0 atom stereocenters. The van der Waals surface area contributed by atoms with E-state index in [9.17, 15) is 18.8 Å². The van der Waals surface area contributed by atoms with Gasteiger partial charge in [-0.05, 0) is 18.2 Å². The zero-order valence-corrected chi connectivity index (χ0v) is 17.0. The van der Waals surface area contributed by atoms with Gasteiger partial charge in [0.2, 0.25) is 17.7 Å². The van der Waals surface area contributed by atoms with Crippen LogP contribution >= 0.6 is 0 Å². The molecule has 1 fully saturated rings. The monoisotopic (exact) mass is 441 g/mol. The summed E-state index contributed by atoms with van der Waals surface area (Å²) in [5, 5.41) is 17.3. The third-order valence-corrected chi connectivity index (χ3v) is 4.75. The van der Waals surface area contributed by atoms with Crippen LogP contribution in [0.25, 0.3) is 17.0 Å².